The Balaban J connectivity index is 1.42. The van der Waals surface area contributed by atoms with Gasteiger partial charge in [0, 0.05) is 43.2 Å². The second-order valence-electron chi connectivity index (χ2n) is 8.58. The van der Waals surface area contributed by atoms with E-state index in [1.165, 1.54) is 0 Å². The minimum atomic E-state index is 0.0411. The molecule has 1 aliphatic carbocycles. The molecule has 178 valence electrons. The largest absolute Gasteiger partial charge is 0.489 e. The zero-order valence-electron chi connectivity index (χ0n) is 18.7. The molecule has 2 aliphatic rings. The third-order valence-corrected chi connectivity index (χ3v) is 6.21. The SMILES string of the molecule is O=C(Cc1ccc(Oc2ccnc3cc(OCCCO)c4c(c23)OCCO4)cc1Cl)CC1CC1. The number of aliphatic hydroxyl groups is 1. The highest BCUT2D eigenvalue weighted by Gasteiger charge is 2.26. The Labute approximate surface area is 202 Å². The molecule has 1 N–H and O–H groups in total. The maximum absolute atomic E-state index is 12.2. The monoisotopic (exact) mass is 483 g/mol. The highest BCUT2D eigenvalue weighted by atomic mass is 35.5. The predicted octanol–water partition coefficient (Wildman–Crippen LogP) is 5.12. The zero-order valence-corrected chi connectivity index (χ0v) is 19.5. The molecule has 0 atom stereocenters. The van der Waals surface area contributed by atoms with E-state index in [1.54, 1.807) is 24.4 Å². The van der Waals surface area contributed by atoms with Crippen LogP contribution in [0.2, 0.25) is 5.02 Å². The summed E-state index contributed by atoms with van der Waals surface area (Å²) in [6.45, 7) is 1.19. The van der Waals surface area contributed by atoms with Crippen LogP contribution in [0.25, 0.3) is 10.9 Å². The number of benzene rings is 2. The van der Waals surface area contributed by atoms with Crippen LogP contribution in [0.4, 0.5) is 0 Å². The van der Waals surface area contributed by atoms with Crippen molar-refractivity contribution in [2.24, 2.45) is 5.92 Å². The molecule has 0 saturated heterocycles. The van der Waals surface area contributed by atoms with Crippen molar-refractivity contribution in [2.75, 3.05) is 26.4 Å². The quantitative estimate of drug-likeness (QED) is 0.400. The van der Waals surface area contributed by atoms with Gasteiger partial charge in [-0.3, -0.25) is 9.78 Å². The molecule has 0 bridgehead atoms. The van der Waals surface area contributed by atoms with Crippen LogP contribution in [0.15, 0.2) is 36.5 Å². The van der Waals surface area contributed by atoms with Gasteiger partial charge in [-0.05, 0) is 42.5 Å². The standard InChI is InChI=1S/C26H26ClNO6/c27-20-14-19(5-4-17(20)13-18(30)12-16-2-3-16)34-22-6-7-28-21-15-23(31-9-1-8-29)25-26(24(21)22)33-11-10-32-25/h4-7,14-16,29H,1-3,8-13H2. The minimum Gasteiger partial charge on any atom is -0.489 e. The van der Waals surface area contributed by atoms with Gasteiger partial charge < -0.3 is 24.1 Å². The normalized spacial score (nSPS) is 14.8. The molecule has 0 spiro atoms. The molecule has 1 aromatic heterocycles. The summed E-state index contributed by atoms with van der Waals surface area (Å²) in [7, 11) is 0. The van der Waals surface area contributed by atoms with Crippen LogP contribution in [-0.2, 0) is 11.2 Å². The molecule has 2 aromatic carbocycles. The average molecular weight is 484 g/mol. The number of ether oxygens (including phenoxy) is 4. The molecule has 1 aliphatic heterocycles. The number of rotatable bonds is 10. The first kappa shape index (κ1) is 22.7. The molecule has 5 rings (SSSR count). The maximum Gasteiger partial charge on any atom is 0.204 e. The van der Waals surface area contributed by atoms with Crippen molar-refractivity contribution in [3.05, 3.63) is 47.1 Å². The molecule has 3 aromatic rings. The second-order valence-corrected chi connectivity index (χ2v) is 8.98. The lowest BCUT2D eigenvalue weighted by Crippen LogP contribution is -2.17. The molecule has 0 radical (unpaired) electrons. The third-order valence-electron chi connectivity index (χ3n) is 5.86. The Hall–Kier alpha value is -3.03. The predicted molar refractivity (Wildman–Crippen MR) is 128 cm³/mol. The summed E-state index contributed by atoms with van der Waals surface area (Å²) in [5, 5.41) is 10.2. The van der Waals surface area contributed by atoms with E-state index >= 15 is 0 Å². The lowest BCUT2D eigenvalue weighted by molar-refractivity contribution is -0.118. The van der Waals surface area contributed by atoms with Crippen molar-refractivity contribution in [3.8, 4) is 28.7 Å². The Morgan fingerprint density at radius 1 is 1.12 bits per heavy atom. The number of nitrogens with zero attached hydrogens (tertiary/aromatic N) is 1. The smallest absolute Gasteiger partial charge is 0.204 e. The van der Waals surface area contributed by atoms with Crippen LogP contribution in [0.1, 0.15) is 31.2 Å². The molecule has 8 heteroatoms. The van der Waals surface area contributed by atoms with Gasteiger partial charge in [-0.2, -0.15) is 0 Å². The van der Waals surface area contributed by atoms with Crippen LogP contribution >= 0.6 is 11.6 Å². The lowest BCUT2D eigenvalue weighted by Gasteiger charge is -2.23. The number of aromatic nitrogens is 1. The van der Waals surface area contributed by atoms with Gasteiger partial charge in [0.15, 0.2) is 11.5 Å². The Bertz CT molecular complexity index is 1210. The van der Waals surface area contributed by atoms with Crippen LogP contribution in [0.5, 0.6) is 28.7 Å². The van der Waals surface area contributed by atoms with E-state index in [4.69, 9.17) is 35.7 Å². The van der Waals surface area contributed by atoms with Crippen molar-refractivity contribution >= 4 is 28.3 Å². The number of fused-ring (bicyclic) bond motifs is 3. The minimum absolute atomic E-state index is 0.0411. The number of halogens is 1. The van der Waals surface area contributed by atoms with Crippen molar-refractivity contribution in [1.29, 1.82) is 0 Å². The van der Waals surface area contributed by atoms with Gasteiger partial charge in [0.1, 0.15) is 30.5 Å². The van der Waals surface area contributed by atoms with Gasteiger partial charge in [0.2, 0.25) is 5.75 Å². The summed E-state index contributed by atoms with van der Waals surface area (Å²) in [5.41, 5.74) is 1.44. The first-order chi connectivity index (χ1) is 16.6. The molecular weight excluding hydrogens is 458 g/mol. The van der Waals surface area contributed by atoms with E-state index in [1.807, 2.05) is 12.1 Å². The highest BCUT2D eigenvalue weighted by Crippen LogP contribution is 2.48. The number of Topliss-reactive ketones (excluding diaryl/α,β-unsaturated/α-hetero) is 1. The van der Waals surface area contributed by atoms with E-state index in [-0.39, 0.29) is 12.4 Å². The molecule has 2 heterocycles. The van der Waals surface area contributed by atoms with Crippen LogP contribution < -0.4 is 18.9 Å². The van der Waals surface area contributed by atoms with Gasteiger partial charge >= 0.3 is 0 Å². The number of carbonyl (C=O) groups is 1. The first-order valence-electron chi connectivity index (χ1n) is 11.6. The van der Waals surface area contributed by atoms with E-state index in [2.05, 4.69) is 4.98 Å². The summed E-state index contributed by atoms with van der Waals surface area (Å²) in [4.78, 5) is 16.7. The van der Waals surface area contributed by atoms with Crippen molar-refractivity contribution < 1.29 is 28.8 Å². The maximum atomic E-state index is 12.2. The van der Waals surface area contributed by atoms with Crippen molar-refractivity contribution in [3.63, 3.8) is 0 Å². The van der Waals surface area contributed by atoms with Gasteiger partial charge in [0.25, 0.3) is 0 Å². The van der Waals surface area contributed by atoms with Crippen molar-refractivity contribution in [1.82, 2.24) is 4.98 Å². The first-order valence-corrected chi connectivity index (χ1v) is 11.9. The molecular formula is C26H26ClNO6. The molecule has 0 unspecified atom stereocenters. The zero-order chi connectivity index (χ0) is 23.5. The highest BCUT2D eigenvalue weighted by molar-refractivity contribution is 6.31. The second kappa shape index (κ2) is 10.1. The Kier molecular flexibility index (Phi) is 6.74. The van der Waals surface area contributed by atoms with Crippen molar-refractivity contribution in [2.45, 2.75) is 32.1 Å². The fraction of sp³-hybridized carbons (Fsp3) is 0.385. The topological polar surface area (TPSA) is 87.1 Å². The number of aliphatic hydroxyl groups excluding tert-OH is 1. The van der Waals surface area contributed by atoms with E-state index in [0.29, 0.717) is 89.7 Å². The number of pyridine rings is 1. The van der Waals surface area contributed by atoms with E-state index < -0.39 is 0 Å². The average Bonchev–Trinajstić information content (AvgIpc) is 3.65. The van der Waals surface area contributed by atoms with Crippen LogP contribution in [0, 0.1) is 5.92 Å². The molecule has 1 saturated carbocycles. The third kappa shape index (κ3) is 5.05. The van der Waals surface area contributed by atoms with Gasteiger partial charge in [-0.25, -0.2) is 0 Å². The lowest BCUT2D eigenvalue weighted by atomic mass is 10.0. The Morgan fingerprint density at radius 3 is 2.71 bits per heavy atom. The number of ketones is 1. The number of carbonyl (C=O) groups excluding carboxylic acids is 1. The van der Waals surface area contributed by atoms with Gasteiger partial charge in [0.05, 0.1) is 17.5 Å². The molecule has 34 heavy (non-hydrogen) atoms. The fourth-order valence-corrected chi connectivity index (χ4v) is 4.24. The van der Waals surface area contributed by atoms with Crippen LogP contribution in [0.3, 0.4) is 0 Å². The summed E-state index contributed by atoms with van der Waals surface area (Å²) >= 11 is 6.48. The van der Waals surface area contributed by atoms with Gasteiger partial charge in [-0.1, -0.05) is 17.7 Å². The summed E-state index contributed by atoms with van der Waals surface area (Å²) in [6.07, 6.45) is 5.44. The van der Waals surface area contributed by atoms with Crippen LogP contribution in [-0.4, -0.2) is 42.3 Å². The fourth-order valence-electron chi connectivity index (χ4n) is 4.00. The molecule has 7 nitrogen and oxygen atoms in total. The number of hydrogen-bond acceptors (Lipinski definition) is 7. The molecule has 0 amide bonds. The van der Waals surface area contributed by atoms with E-state index in [9.17, 15) is 4.79 Å². The Morgan fingerprint density at radius 2 is 1.94 bits per heavy atom. The van der Waals surface area contributed by atoms with Gasteiger partial charge in [-0.15, -0.1) is 0 Å². The molecule has 1 fully saturated rings. The van der Waals surface area contributed by atoms with E-state index in [0.717, 1.165) is 18.4 Å². The number of hydrogen-bond donors (Lipinski definition) is 1. The summed E-state index contributed by atoms with van der Waals surface area (Å²) < 4.78 is 23.8. The summed E-state index contributed by atoms with van der Waals surface area (Å²) in [5.74, 6) is 3.40. The summed E-state index contributed by atoms with van der Waals surface area (Å²) in [6, 6.07) is 8.92.